The molecule has 0 saturated carbocycles. The average molecular weight is 392 g/mol. The van der Waals surface area contributed by atoms with E-state index in [9.17, 15) is 23.9 Å². The predicted octanol–water partition coefficient (Wildman–Crippen LogP) is 1.11. The van der Waals surface area contributed by atoms with E-state index in [0.29, 0.717) is 19.4 Å². The lowest BCUT2D eigenvalue weighted by atomic mass is 9.85. The van der Waals surface area contributed by atoms with Crippen LogP contribution >= 0.6 is 0 Å². The summed E-state index contributed by atoms with van der Waals surface area (Å²) < 4.78 is 13.4. The van der Waals surface area contributed by atoms with Gasteiger partial charge >= 0.3 is 6.03 Å². The molecule has 2 aliphatic heterocycles. The second-order valence-electron chi connectivity index (χ2n) is 7.68. The maximum Gasteiger partial charge on any atom is 0.327 e. The standard InChI is InChI=1S/C19H25FN4O4/c1-13(2)12-24-18(28)23(7-8-25)17(27)19(24)3-5-22(6-4-19)16(26)14-9-15(20)11-21-10-14/h9-11,13,25H,3-8,12H2,1-2H3. The lowest BCUT2D eigenvalue weighted by molar-refractivity contribution is -0.135. The molecule has 0 aliphatic carbocycles. The molecule has 2 saturated heterocycles. The van der Waals surface area contributed by atoms with Crippen LogP contribution in [-0.4, -0.2) is 81.0 Å². The van der Waals surface area contributed by atoms with Crippen LogP contribution in [0.25, 0.3) is 0 Å². The molecule has 0 bridgehead atoms. The number of aliphatic hydroxyl groups excluding tert-OH is 1. The number of carbonyl (C=O) groups excluding carboxylic acids is 3. The van der Waals surface area contributed by atoms with E-state index in [1.54, 1.807) is 9.80 Å². The number of amides is 4. The van der Waals surface area contributed by atoms with E-state index >= 15 is 0 Å². The number of aliphatic hydroxyl groups is 1. The summed E-state index contributed by atoms with van der Waals surface area (Å²) >= 11 is 0. The van der Waals surface area contributed by atoms with E-state index in [4.69, 9.17) is 0 Å². The zero-order valence-electron chi connectivity index (χ0n) is 16.1. The van der Waals surface area contributed by atoms with Gasteiger partial charge in [0.2, 0.25) is 0 Å². The van der Waals surface area contributed by atoms with Gasteiger partial charge in [-0.1, -0.05) is 13.8 Å². The summed E-state index contributed by atoms with van der Waals surface area (Å²) in [7, 11) is 0. The normalized spacial score (nSPS) is 19.2. The van der Waals surface area contributed by atoms with Gasteiger partial charge in [-0.05, 0) is 24.8 Å². The molecule has 0 radical (unpaired) electrons. The summed E-state index contributed by atoms with van der Waals surface area (Å²) in [6.07, 6.45) is 2.96. The van der Waals surface area contributed by atoms with Gasteiger partial charge in [-0.25, -0.2) is 9.18 Å². The van der Waals surface area contributed by atoms with Crippen LogP contribution in [0.2, 0.25) is 0 Å². The van der Waals surface area contributed by atoms with E-state index in [1.165, 1.54) is 6.20 Å². The van der Waals surface area contributed by atoms with Gasteiger partial charge in [-0.3, -0.25) is 19.5 Å². The van der Waals surface area contributed by atoms with Crippen LogP contribution in [0.3, 0.4) is 0 Å². The molecule has 9 heteroatoms. The summed E-state index contributed by atoms with van der Waals surface area (Å²) in [5.74, 6) is -1.08. The van der Waals surface area contributed by atoms with E-state index in [2.05, 4.69) is 4.98 Å². The Hall–Kier alpha value is -2.55. The zero-order valence-corrected chi connectivity index (χ0v) is 16.1. The van der Waals surface area contributed by atoms with Crippen LogP contribution in [-0.2, 0) is 4.79 Å². The third kappa shape index (κ3) is 3.46. The molecule has 0 atom stereocenters. The van der Waals surface area contributed by atoms with E-state index in [-0.39, 0.29) is 55.6 Å². The third-order valence-electron chi connectivity index (χ3n) is 5.32. The first-order valence-electron chi connectivity index (χ1n) is 9.44. The molecular weight excluding hydrogens is 367 g/mol. The molecule has 1 aromatic rings. The second-order valence-corrected chi connectivity index (χ2v) is 7.68. The van der Waals surface area contributed by atoms with Crippen molar-refractivity contribution in [1.29, 1.82) is 0 Å². The number of likely N-dealkylation sites (tertiary alicyclic amines) is 1. The predicted molar refractivity (Wildman–Crippen MR) is 97.8 cm³/mol. The fourth-order valence-electron chi connectivity index (χ4n) is 3.97. The van der Waals surface area contributed by atoms with Gasteiger partial charge in [0.15, 0.2) is 0 Å². The summed E-state index contributed by atoms with van der Waals surface area (Å²) in [6.45, 7) is 4.58. The van der Waals surface area contributed by atoms with Crippen molar-refractivity contribution < 1.29 is 23.9 Å². The lowest BCUT2D eigenvalue weighted by Gasteiger charge is -2.42. The van der Waals surface area contributed by atoms with Crippen molar-refractivity contribution in [2.45, 2.75) is 32.2 Å². The van der Waals surface area contributed by atoms with Crippen molar-refractivity contribution >= 4 is 17.8 Å². The first-order valence-corrected chi connectivity index (χ1v) is 9.44. The number of piperidine rings is 1. The minimum Gasteiger partial charge on any atom is -0.395 e. The van der Waals surface area contributed by atoms with Crippen molar-refractivity contribution in [2.24, 2.45) is 5.92 Å². The van der Waals surface area contributed by atoms with Crippen LogP contribution in [0.5, 0.6) is 0 Å². The second kappa shape index (κ2) is 7.83. The Kier molecular flexibility index (Phi) is 5.64. The van der Waals surface area contributed by atoms with Crippen LogP contribution in [0.4, 0.5) is 9.18 Å². The van der Waals surface area contributed by atoms with Crippen LogP contribution in [0, 0.1) is 11.7 Å². The van der Waals surface area contributed by atoms with Crippen molar-refractivity contribution in [2.75, 3.05) is 32.8 Å². The number of aromatic nitrogens is 1. The number of β-amino-alcohol motifs (C(OH)–C–C–N with tert-alkyl or cyclic N) is 1. The minimum absolute atomic E-state index is 0.0361. The Labute approximate surface area is 162 Å². The summed E-state index contributed by atoms with van der Waals surface area (Å²) in [6, 6.07) is 0.750. The van der Waals surface area contributed by atoms with Gasteiger partial charge in [-0.2, -0.15) is 0 Å². The fraction of sp³-hybridized carbons (Fsp3) is 0.579. The maximum atomic E-state index is 13.4. The van der Waals surface area contributed by atoms with Gasteiger partial charge in [0.05, 0.1) is 24.9 Å². The number of imide groups is 1. The Morgan fingerprint density at radius 3 is 2.54 bits per heavy atom. The molecule has 2 aliphatic rings. The topological polar surface area (TPSA) is 94.0 Å². The van der Waals surface area contributed by atoms with Crippen molar-refractivity contribution in [3.05, 3.63) is 29.8 Å². The highest BCUT2D eigenvalue weighted by Gasteiger charge is 2.58. The Bertz CT molecular complexity index is 777. The molecule has 28 heavy (non-hydrogen) atoms. The molecular formula is C19H25FN4O4. The summed E-state index contributed by atoms with van der Waals surface area (Å²) in [5, 5.41) is 9.23. The highest BCUT2D eigenvalue weighted by molar-refractivity contribution is 6.07. The average Bonchev–Trinajstić information content (AvgIpc) is 2.84. The van der Waals surface area contributed by atoms with E-state index in [1.807, 2.05) is 13.8 Å². The van der Waals surface area contributed by atoms with Crippen molar-refractivity contribution in [1.82, 2.24) is 19.7 Å². The maximum absolute atomic E-state index is 13.4. The largest absolute Gasteiger partial charge is 0.395 e. The van der Waals surface area contributed by atoms with Gasteiger partial charge in [-0.15, -0.1) is 0 Å². The van der Waals surface area contributed by atoms with E-state index < -0.39 is 11.4 Å². The summed E-state index contributed by atoms with van der Waals surface area (Å²) in [4.78, 5) is 46.4. The molecule has 3 heterocycles. The number of pyridine rings is 1. The monoisotopic (exact) mass is 392 g/mol. The first kappa shape index (κ1) is 20.2. The molecule has 3 rings (SSSR count). The van der Waals surface area contributed by atoms with Crippen molar-refractivity contribution in [3.8, 4) is 0 Å². The number of hydrogen-bond acceptors (Lipinski definition) is 5. The number of halogens is 1. The van der Waals surface area contributed by atoms with Gasteiger partial charge in [0, 0.05) is 25.8 Å². The lowest BCUT2D eigenvalue weighted by Crippen LogP contribution is -2.58. The molecule has 2 fully saturated rings. The van der Waals surface area contributed by atoms with Gasteiger partial charge in [0.25, 0.3) is 11.8 Å². The molecule has 1 spiro atoms. The number of carbonyl (C=O) groups is 3. The number of hydrogen-bond donors (Lipinski definition) is 1. The molecule has 152 valence electrons. The van der Waals surface area contributed by atoms with Crippen LogP contribution in [0.1, 0.15) is 37.0 Å². The molecule has 1 N–H and O–H groups in total. The molecule has 0 unspecified atom stereocenters. The van der Waals surface area contributed by atoms with Crippen LogP contribution < -0.4 is 0 Å². The molecule has 0 aromatic carbocycles. The number of urea groups is 1. The highest BCUT2D eigenvalue weighted by Crippen LogP contribution is 2.38. The molecule has 8 nitrogen and oxygen atoms in total. The van der Waals surface area contributed by atoms with Crippen molar-refractivity contribution in [3.63, 3.8) is 0 Å². The van der Waals surface area contributed by atoms with Gasteiger partial charge < -0.3 is 14.9 Å². The first-order chi connectivity index (χ1) is 13.3. The zero-order chi connectivity index (χ0) is 20.5. The van der Waals surface area contributed by atoms with Crippen LogP contribution in [0.15, 0.2) is 18.5 Å². The number of rotatable bonds is 5. The van der Waals surface area contributed by atoms with Gasteiger partial charge in [0.1, 0.15) is 11.4 Å². The number of nitrogens with zero attached hydrogens (tertiary/aromatic N) is 4. The van der Waals surface area contributed by atoms with E-state index in [0.717, 1.165) is 17.2 Å². The quantitative estimate of drug-likeness (QED) is 0.758. The molecule has 1 aromatic heterocycles. The highest BCUT2D eigenvalue weighted by atomic mass is 19.1. The Balaban J connectivity index is 1.80. The smallest absolute Gasteiger partial charge is 0.327 e. The minimum atomic E-state index is -0.993. The SMILES string of the molecule is CC(C)CN1C(=O)N(CCO)C(=O)C12CCN(C(=O)c1cncc(F)c1)CC2. The summed E-state index contributed by atoms with van der Waals surface area (Å²) in [5.41, 5.74) is -0.834. The molecule has 4 amide bonds. The Morgan fingerprint density at radius 1 is 1.29 bits per heavy atom. The third-order valence-corrected chi connectivity index (χ3v) is 5.32. The Morgan fingerprint density at radius 2 is 1.96 bits per heavy atom. The fourth-order valence-corrected chi connectivity index (χ4v) is 3.97.